The Hall–Kier alpha value is -4.11. The Labute approximate surface area is 204 Å². The number of hydrogen-bond acceptors (Lipinski definition) is 4. The van der Waals surface area contributed by atoms with Crippen LogP contribution in [-0.4, -0.2) is 27.5 Å². The van der Waals surface area contributed by atoms with Gasteiger partial charge in [-0.2, -0.15) is 4.99 Å². The molecule has 1 heterocycles. The molecular formula is C26H22FN3O4S. The fourth-order valence-corrected chi connectivity index (χ4v) is 4.70. The lowest BCUT2D eigenvalue weighted by Gasteiger charge is -2.14. The minimum atomic E-state index is -1.07. The Balaban J connectivity index is 1.81. The number of carboxylic acids is 1. The zero-order valence-corrected chi connectivity index (χ0v) is 19.8. The molecule has 4 aromatic rings. The van der Waals surface area contributed by atoms with E-state index in [1.165, 1.54) is 34.1 Å². The van der Waals surface area contributed by atoms with Gasteiger partial charge in [-0.05, 0) is 55.8 Å². The van der Waals surface area contributed by atoms with Crippen molar-refractivity contribution in [3.63, 3.8) is 0 Å². The smallest absolute Gasteiger partial charge is 0.326 e. The summed E-state index contributed by atoms with van der Waals surface area (Å²) in [7, 11) is 0. The van der Waals surface area contributed by atoms with Gasteiger partial charge in [-0.25, -0.2) is 9.18 Å². The summed E-state index contributed by atoms with van der Waals surface area (Å²) >= 11 is 1.18. The molecule has 0 saturated heterocycles. The van der Waals surface area contributed by atoms with Gasteiger partial charge in [0.25, 0.3) is 11.8 Å². The number of amides is 2. The van der Waals surface area contributed by atoms with Crippen LogP contribution in [-0.2, 0) is 4.79 Å². The van der Waals surface area contributed by atoms with Crippen molar-refractivity contribution in [2.45, 2.75) is 26.3 Å². The highest BCUT2D eigenvalue weighted by Gasteiger charge is 2.23. The molecule has 4 rings (SSSR count). The Morgan fingerprint density at radius 2 is 1.80 bits per heavy atom. The second kappa shape index (κ2) is 10.0. The summed E-state index contributed by atoms with van der Waals surface area (Å²) in [6, 6.07) is 16.5. The summed E-state index contributed by atoms with van der Waals surface area (Å²) in [5.74, 6) is -2.84. The Morgan fingerprint density at radius 3 is 2.46 bits per heavy atom. The minimum absolute atomic E-state index is 0.109. The molecule has 0 fully saturated rings. The molecule has 1 unspecified atom stereocenters. The van der Waals surface area contributed by atoms with Crippen molar-refractivity contribution in [3.05, 3.63) is 94.0 Å². The van der Waals surface area contributed by atoms with E-state index in [1.54, 1.807) is 55.5 Å². The molecule has 178 valence electrons. The van der Waals surface area contributed by atoms with E-state index in [0.717, 1.165) is 5.56 Å². The van der Waals surface area contributed by atoms with Gasteiger partial charge in [0.15, 0.2) is 4.80 Å². The van der Waals surface area contributed by atoms with Crippen LogP contribution in [0.3, 0.4) is 0 Å². The van der Waals surface area contributed by atoms with E-state index in [2.05, 4.69) is 10.3 Å². The Bertz CT molecular complexity index is 1510. The predicted molar refractivity (Wildman–Crippen MR) is 132 cm³/mol. The van der Waals surface area contributed by atoms with Crippen LogP contribution in [0.25, 0.3) is 10.2 Å². The predicted octanol–water partition coefficient (Wildman–Crippen LogP) is 5.18. The molecule has 7 nitrogen and oxygen atoms in total. The van der Waals surface area contributed by atoms with E-state index in [4.69, 9.17) is 0 Å². The zero-order valence-electron chi connectivity index (χ0n) is 19.0. The number of aryl methyl sites for hydroxylation is 1. The van der Waals surface area contributed by atoms with Gasteiger partial charge in [0.1, 0.15) is 11.9 Å². The van der Waals surface area contributed by atoms with Gasteiger partial charge in [-0.1, -0.05) is 48.1 Å². The number of carboxylic acid groups (broad SMARTS) is 1. The third-order valence-corrected chi connectivity index (χ3v) is 6.52. The third kappa shape index (κ3) is 5.04. The van der Waals surface area contributed by atoms with Crippen LogP contribution in [0.2, 0.25) is 0 Å². The molecule has 0 aliphatic heterocycles. The summed E-state index contributed by atoms with van der Waals surface area (Å²) in [6.45, 7) is 3.64. The maximum atomic E-state index is 14.0. The fraction of sp³-hybridized carbons (Fsp3) is 0.154. The second-order valence-corrected chi connectivity index (χ2v) is 8.93. The monoisotopic (exact) mass is 491 g/mol. The molecule has 9 heteroatoms. The number of carbonyl (C=O) groups is 3. The first-order valence-electron chi connectivity index (χ1n) is 10.9. The quantitative estimate of drug-likeness (QED) is 0.388. The van der Waals surface area contributed by atoms with Crippen molar-refractivity contribution < 1.29 is 23.9 Å². The van der Waals surface area contributed by atoms with Crippen LogP contribution in [0.4, 0.5) is 10.1 Å². The van der Waals surface area contributed by atoms with Gasteiger partial charge in [0.2, 0.25) is 0 Å². The highest BCUT2D eigenvalue weighted by atomic mass is 32.1. The van der Waals surface area contributed by atoms with Gasteiger partial charge in [-0.3, -0.25) is 9.59 Å². The number of halogens is 1. The lowest BCUT2D eigenvalue weighted by atomic mass is 10.1. The van der Waals surface area contributed by atoms with Crippen molar-refractivity contribution in [1.29, 1.82) is 0 Å². The topological polar surface area (TPSA) is 101 Å². The number of benzene rings is 3. The number of rotatable bonds is 6. The number of fused-ring (bicyclic) bond motifs is 1. The van der Waals surface area contributed by atoms with Gasteiger partial charge in [0.05, 0.1) is 15.8 Å². The normalized spacial score (nSPS) is 12.5. The van der Waals surface area contributed by atoms with E-state index >= 15 is 0 Å². The summed E-state index contributed by atoms with van der Waals surface area (Å²) in [5.41, 5.74) is 2.13. The summed E-state index contributed by atoms with van der Waals surface area (Å²) in [6.07, 6.45) is 0.249. The third-order valence-electron chi connectivity index (χ3n) is 5.48. The van der Waals surface area contributed by atoms with Gasteiger partial charge in [-0.15, -0.1) is 0 Å². The molecule has 0 aliphatic carbocycles. The van der Waals surface area contributed by atoms with Gasteiger partial charge >= 0.3 is 5.97 Å². The van der Waals surface area contributed by atoms with E-state index < -0.39 is 29.6 Å². The van der Waals surface area contributed by atoms with Crippen LogP contribution in [0, 0.1) is 12.7 Å². The number of hydrogen-bond donors (Lipinski definition) is 2. The van der Waals surface area contributed by atoms with Crippen LogP contribution >= 0.6 is 11.3 Å². The van der Waals surface area contributed by atoms with E-state index in [9.17, 15) is 23.9 Å². The largest absolute Gasteiger partial charge is 0.480 e. The first-order chi connectivity index (χ1) is 16.8. The van der Waals surface area contributed by atoms with Gasteiger partial charge < -0.3 is 15.0 Å². The zero-order chi connectivity index (χ0) is 25.1. The SMILES string of the molecule is CCC(C(=O)O)n1c(=NC(=O)c2ccc(C)cc2)sc2ccc(NC(=O)c3ccccc3F)cc21. The van der Waals surface area contributed by atoms with Crippen molar-refractivity contribution >= 4 is 45.0 Å². The van der Waals surface area contributed by atoms with Crippen molar-refractivity contribution in [2.24, 2.45) is 4.99 Å². The molecule has 0 aliphatic rings. The van der Waals surface area contributed by atoms with Crippen molar-refractivity contribution in [2.75, 3.05) is 5.32 Å². The number of thiazole rings is 1. The average molecular weight is 492 g/mol. The molecule has 35 heavy (non-hydrogen) atoms. The first-order valence-corrected chi connectivity index (χ1v) is 11.7. The summed E-state index contributed by atoms with van der Waals surface area (Å²) < 4.78 is 16.2. The van der Waals surface area contributed by atoms with E-state index in [0.29, 0.717) is 21.5 Å². The lowest BCUT2D eigenvalue weighted by molar-refractivity contribution is -0.140. The lowest BCUT2D eigenvalue weighted by Crippen LogP contribution is -2.27. The fourth-order valence-electron chi connectivity index (χ4n) is 3.66. The molecule has 0 bridgehead atoms. The molecule has 2 N–H and O–H groups in total. The number of nitrogens with zero attached hydrogens (tertiary/aromatic N) is 2. The Morgan fingerprint density at radius 1 is 1.09 bits per heavy atom. The number of nitrogens with one attached hydrogen (secondary N) is 1. The molecule has 1 aromatic heterocycles. The van der Waals surface area contributed by atoms with E-state index in [-0.39, 0.29) is 16.8 Å². The van der Waals surface area contributed by atoms with Crippen molar-refractivity contribution in [3.8, 4) is 0 Å². The minimum Gasteiger partial charge on any atom is -0.480 e. The molecule has 0 radical (unpaired) electrons. The summed E-state index contributed by atoms with van der Waals surface area (Å²) in [4.78, 5) is 41.9. The summed E-state index contributed by atoms with van der Waals surface area (Å²) in [5, 5.41) is 12.5. The number of anilines is 1. The molecule has 0 spiro atoms. The van der Waals surface area contributed by atoms with E-state index in [1.807, 2.05) is 6.92 Å². The highest BCUT2D eigenvalue weighted by molar-refractivity contribution is 7.16. The average Bonchev–Trinajstić information content (AvgIpc) is 3.17. The van der Waals surface area contributed by atoms with Crippen LogP contribution in [0.15, 0.2) is 71.7 Å². The maximum absolute atomic E-state index is 14.0. The van der Waals surface area contributed by atoms with Crippen LogP contribution in [0.5, 0.6) is 0 Å². The molecular weight excluding hydrogens is 469 g/mol. The van der Waals surface area contributed by atoms with Crippen LogP contribution in [0.1, 0.15) is 45.7 Å². The Kier molecular flexibility index (Phi) is 6.88. The highest BCUT2D eigenvalue weighted by Crippen LogP contribution is 2.26. The first kappa shape index (κ1) is 24.0. The maximum Gasteiger partial charge on any atom is 0.326 e. The number of aromatic nitrogens is 1. The molecule has 2 amide bonds. The standard InChI is InChI=1S/C26H22FN3O4S/c1-3-20(25(33)34)30-21-14-17(28-24(32)18-6-4-5-7-19(18)27)12-13-22(21)35-26(30)29-23(31)16-10-8-15(2)9-11-16/h4-14,20H,3H2,1-2H3,(H,28,32)(H,33,34). The molecule has 0 saturated carbocycles. The molecule has 1 atom stereocenters. The number of carbonyl (C=O) groups excluding carboxylic acids is 2. The van der Waals surface area contributed by atoms with Crippen LogP contribution < -0.4 is 10.1 Å². The second-order valence-electron chi connectivity index (χ2n) is 7.92. The van der Waals surface area contributed by atoms with Crippen molar-refractivity contribution in [1.82, 2.24) is 4.57 Å². The van der Waals surface area contributed by atoms with Gasteiger partial charge in [0, 0.05) is 11.3 Å². The molecule has 3 aromatic carbocycles. The number of aliphatic carboxylic acids is 1.